The van der Waals surface area contributed by atoms with Crippen molar-refractivity contribution in [3.05, 3.63) is 0 Å². The van der Waals surface area contributed by atoms with E-state index >= 15 is 0 Å². The van der Waals surface area contributed by atoms with Gasteiger partial charge in [-0.15, -0.1) is 0 Å². The zero-order valence-electron chi connectivity index (χ0n) is 7.75. The number of carbonyl (C=O) groups is 1. The number of aliphatic hydroxyl groups excluding tert-OH is 1. The van der Waals surface area contributed by atoms with E-state index in [2.05, 4.69) is 0 Å². The van der Waals surface area contributed by atoms with Gasteiger partial charge < -0.3 is 5.11 Å². The first kappa shape index (κ1) is 9.72. The topological polar surface area (TPSA) is 37.3 Å². The lowest BCUT2D eigenvalue weighted by Gasteiger charge is -2.22. The fourth-order valence-electron chi connectivity index (χ4n) is 1.86. The Morgan fingerprint density at radius 3 is 2.92 bits per heavy atom. The summed E-state index contributed by atoms with van der Waals surface area (Å²) in [4.78, 5) is 11.4. The van der Waals surface area contributed by atoms with Gasteiger partial charge in [0.25, 0.3) is 0 Å². The lowest BCUT2D eigenvalue weighted by molar-refractivity contribution is -0.125. The summed E-state index contributed by atoms with van der Waals surface area (Å²) in [5, 5.41) is 8.84. The first-order valence-electron chi connectivity index (χ1n) is 4.87. The Bertz CT molecular complexity index is 154. The second-order valence-electron chi connectivity index (χ2n) is 3.93. The van der Waals surface area contributed by atoms with Crippen molar-refractivity contribution in [2.75, 3.05) is 6.61 Å². The predicted molar refractivity (Wildman–Crippen MR) is 47.8 cm³/mol. The van der Waals surface area contributed by atoms with Gasteiger partial charge in [-0.1, -0.05) is 13.3 Å². The molecule has 0 amide bonds. The molecule has 0 aromatic carbocycles. The van der Waals surface area contributed by atoms with Crippen LogP contribution in [-0.4, -0.2) is 17.5 Å². The van der Waals surface area contributed by atoms with Gasteiger partial charge in [0.05, 0.1) is 0 Å². The third kappa shape index (κ3) is 2.59. The quantitative estimate of drug-likeness (QED) is 0.700. The van der Waals surface area contributed by atoms with Crippen LogP contribution < -0.4 is 0 Å². The smallest absolute Gasteiger partial charge is 0.135 e. The molecule has 0 aromatic heterocycles. The van der Waals surface area contributed by atoms with Gasteiger partial charge in [-0.25, -0.2) is 0 Å². The van der Waals surface area contributed by atoms with Gasteiger partial charge in [0, 0.05) is 18.9 Å². The molecule has 1 fully saturated rings. The van der Waals surface area contributed by atoms with Crippen molar-refractivity contribution in [3.63, 3.8) is 0 Å². The van der Waals surface area contributed by atoms with E-state index in [9.17, 15) is 4.79 Å². The molecule has 0 heterocycles. The van der Waals surface area contributed by atoms with Gasteiger partial charge in [0.15, 0.2) is 0 Å². The zero-order chi connectivity index (χ0) is 8.97. The first-order chi connectivity index (χ1) is 5.74. The van der Waals surface area contributed by atoms with Gasteiger partial charge in [-0.2, -0.15) is 0 Å². The molecule has 0 bridgehead atoms. The average Bonchev–Trinajstić information content (AvgIpc) is 2.09. The highest BCUT2D eigenvalue weighted by Crippen LogP contribution is 2.25. The average molecular weight is 170 g/mol. The van der Waals surface area contributed by atoms with Crippen LogP contribution in [0.2, 0.25) is 0 Å². The summed E-state index contributed by atoms with van der Waals surface area (Å²) in [6.45, 7) is 2.21. The van der Waals surface area contributed by atoms with Crippen LogP contribution >= 0.6 is 0 Å². The molecule has 1 N–H and O–H groups in total. The minimum absolute atomic E-state index is 0.212. The molecule has 0 saturated heterocycles. The Labute approximate surface area is 74.0 Å². The van der Waals surface area contributed by atoms with Crippen molar-refractivity contribution in [2.24, 2.45) is 11.8 Å². The molecular weight excluding hydrogens is 152 g/mol. The van der Waals surface area contributed by atoms with Crippen LogP contribution in [0.5, 0.6) is 0 Å². The molecule has 0 unspecified atom stereocenters. The molecule has 1 aliphatic carbocycles. The highest BCUT2D eigenvalue weighted by atomic mass is 16.3. The summed E-state index contributed by atoms with van der Waals surface area (Å²) in [6, 6.07) is 0. The van der Waals surface area contributed by atoms with Crippen LogP contribution in [0, 0.1) is 11.8 Å². The van der Waals surface area contributed by atoms with E-state index in [1.54, 1.807) is 0 Å². The van der Waals surface area contributed by atoms with Crippen LogP contribution in [0.3, 0.4) is 0 Å². The number of hydrogen-bond acceptors (Lipinski definition) is 2. The highest BCUT2D eigenvalue weighted by Gasteiger charge is 2.23. The second kappa shape index (κ2) is 4.61. The molecule has 70 valence electrons. The molecule has 0 aromatic rings. The van der Waals surface area contributed by atoms with E-state index in [1.165, 1.54) is 6.42 Å². The van der Waals surface area contributed by atoms with Gasteiger partial charge in [-0.05, 0) is 25.2 Å². The van der Waals surface area contributed by atoms with E-state index in [-0.39, 0.29) is 18.4 Å². The minimum atomic E-state index is 0.212. The van der Waals surface area contributed by atoms with Crippen LogP contribution in [0.25, 0.3) is 0 Å². The number of carbonyl (C=O) groups excluding carboxylic acids is 1. The standard InChI is InChI=1S/C10H18O2/c1-8(7-11)6-9-4-2-3-5-10(9)12/h8-9,11H,2-7H2,1H3/t8-,9-/m0/s1. The predicted octanol–water partition coefficient (Wildman–Crippen LogP) is 1.76. The summed E-state index contributed by atoms with van der Waals surface area (Å²) in [7, 11) is 0. The lowest BCUT2D eigenvalue weighted by atomic mass is 9.82. The first-order valence-corrected chi connectivity index (χ1v) is 4.87. The van der Waals surface area contributed by atoms with Gasteiger partial charge in [0.1, 0.15) is 5.78 Å². The van der Waals surface area contributed by atoms with Gasteiger partial charge >= 0.3 is 0 Å². The SMILES string of the molecule is C[C@H](CO)C[C@@H]1CCCCC1=O. The monoisotopic (exact) mass is 170 g/mol. The molecule has 0 spiro atoms. The minimum Gasteiger partial charge on any atom is -0.396 e. The van der Waals surface area contributed by atoms with Crippen molar-refractivity contribution >= 4 is 5.78 Å². The maximum atomic E-state index is 11.4. The summed E-state index contributed by atoms with van der Waals surface area (Å²) in [5.74, 6) is 0.958. The Kier molecular flexibility index (Phi) is 3.73. The number of ketones is 1. The maximum Gasteiger partial charge on any atom is 0.135 e. The molecule has 2 atom stereocenters. The summed E-state index contributed by atoms with van der Waals surface area (Å²) in [6.07, 6.45) is 4.96. The Morgan fingerprint density at radius 1 is 1.58 bits per heavy atom. The molecule has 12 heavy (non-hydrogen) atoms. The van der Waals surface area contributed by atoms with Crippen LogP contribution in [-0.2, 0) is 4.79 Å². The third-order valence-electron chi connectivity index (χ3n) is 2.68. The summed E-state index contributed by atoms with van der Waals surface area (Å²) >= 11 is 0. The zero-order valence-corrected chi connectivity index (χ0v) is 7.75. The molecule has 0 radical (unpaired) electrons. The molecule has 1 rings (SSSR count). The lowest BCUT2D eigenvalue weighted by Crippen LogP contribution is -2.22. The van der Waals surface area contributed by atoms with E-state index in [1.807, 2.05) is 6.92 Å². The molecule has 2 heteroatoms. The Morgan fingerprint density at radius 2 is 2.33 bits per heavy atom. The fourth-order valence-corrected chi connectivity index (χ4v) is 1.86. The normalized spacial score (nSPS) is 27.2. The molecular formula is C10H18O2. The molecule has 0 aliphatic heterocycles. The Balaban J connectivity index is 2.34. The van der Waals surface area contributed by atoms with Crippen molar-refractivity contribution < 1.29 is 9.90 Å². The molecule has 1 aliphatic rings. The van der Waals surface area contributed by atoms with E-state index < -0.39 is 0 Å². The van der Waals surface area contributed by atoms with E-state index in [0.29, 0.717) is 5.78 Å². The molecule has 1 saturated carbocycles. The van der Waals surface area contributed by atoms with E-state index in [4.69, 9.17) is 5.11 Å². The van der Waals surface area contributed by atoms with E-state index in [0.717, 1.165) is 25.7 Å². The highest BCUT2D eigenvalue weighted by molar-refractivity contribution is 5.81. The van der Waals surface area contributed by atoms with Crippen molar-refractivity contribution in [2.45, 2.75) is 39.0 Å². The maximum absolute atomic E-state index is 11.4. The summed E-state index contributed by atoms with van der Waals surface area (Å²) in [5.41, 5.74) is 0. The van der Waals surface area contributed by atoms with Crippen molar-refractivity contribution in [1.29, 1.82) is 0 Å². The van der Waals surface area contributed by atoms with Crippen LogP contribution in [0.1, 0.15) is 39.0 Å². The largest absolute Gasteiger partial charge is 0.396 e. The van der Waals surface area contributed by atoms with Gasteiger partial charge in [0.2, 0.25) is 0 Å². The third-order valence-corrected chi connectivity index (χ3v) is 2.68. The Hall–Kier alpha value is -0.370. The van der Waals surface area contributed by atoms with Gasteiger partial charge in [-0.3, -0.25) is 4.79 Å². The second-order valence-corrected chi connectivity index (χ2v) is 3.93. The number of rotatable bonds is 3. The van der Waals surface area contributed by atoms with Crippen LogP contribution in [0.15, 0.2) is 0 Å². The van der Waals surface area contributed by atoms with Crippen molar-refractivity contribution in [1.82, 2.24) is 0 Å². The number of aliphatic hydroxyl groups is 1. The number of Topliss-reactive ketones (excluding diaryl/α,β-unsaturated/α-hetero) is 1. The molecule has 2 nitrogen and oxygen atoms in total. The summed E-state index contributed by atoms with van der Waals surface area (Å²) < 4.78 is 0. The van der Waals surface area contributed by atoms with Crippen LogP contribution in [0.4, 0.5) is 0 Å². The number of hydrogen-bond donors (Lipinski definition) is 1. The fraction of sp³-hybridized carbons (Fsp3) is 0.900. The van der Waals surface area contributed by atoms with Crippen molar-refractivity contribution in [3.8, 4) is 0 Å².